The number of esters is 1. The third kappa shape index (κ3) is 4.57. The van der Waals surface area contributed by atoms with Gasteiger partial charge in [-0.05, 0) is 30.0 Å². The van der Waals surface area contributed by atoms with Crippen LogP contribution in [-0.2, 0) is 11.3 Å². The monoisotopic (exact) mass is 236 g/mol. The standard InChI is InChI=1S/C14H20O3/c1-3-5-11(2)10-17-14(16)13-7-4-6-12(8-13)9-15/h4,6-8,11,15H,3,5,9-10H2,1-2H3. The van der Waals surface area contributed by atoms with E-state index in [9.17, 15) is 4.79 Å². The maximum Gasteiger partial charge on any atom is 0.338 e. The fraction of sp³-hybridized carbons (Fsp3) is 0.500. The van der Waals surface area contributed by atoms with Crippen molar-refractivity contribution in [3.05, 3.63) is 35.4 Å². The van der Waals surface area contributed by atoms with Crippen LogP contribution in [-0.4, -0.2) is 17.7 Å². The van der Waals surface area contributed by atoms with E-state index in [2.05, 4.69) is 13.8 Å². The van der Waals surface area contributed by atoms with Gasteiger partial charge in [-0.15, -0.1) is 0 Å². The van der Waals surface area contributed by atoms with Crippen molar-refractivity contribution in [2.45, 2.75) is 33.3 Å². The fourth-order valence-corrected chi connectivity index (χ4v) is 1.67. The normalized spacial score (nSPS) is 12.2. The first-order chi connectivity index (χ1) is 8.17. The van der Waals surface area contributed by atoms with Crippen molar-refractivity contribution in [3.8, 4) is 0 Å². The van der Waals surface area contributed by atoms with Gasteiger partial charge in [0.2, 0.25) is 0 Å². The molecule has 0 fully saturated rings. The number of rotatable bonds is 6. The van der Waals surface area contributed by atoms with E-state index in [1.165, 1.54) is 0 Å². The number of carbonyl (C=O) groups excluding carboxylic acids is 1. The minimum absolute atomic E-state index is 0.0621. The van der Waals surface area contributed by atoms with Gasteiger partial charge in [-0.2, -0.15) is 0 Å². The Morgan fingerprint density at radius 2 is 2.24 bits per heavy atom. The molecule has 1 N–H and O–H groups in total. The summed E-state index contributed by atoms with van der Waals surface area (Å²) in [5, 5.41) is 8.98. The van der Waals surface area contributed by atoms with E-state index in [-0.39, 0.29) is 12.6 Å². The molecule has 3 nitrogen and oxygen atoms in total. The highest BCUT2D eigenvalue weighted by Gasteiger charge is 2.09. The lowest BCUT2D eigenvalue weighted by molar-refractivity contribution is 0.0443. The van der Waals surface area contributed by atoms with E-state index in [4.69, 9.17) is 9.84 Å². The van der Waals surface area contributed by atoms with Gasteiger partial charge in [-0.25, -0.2) is 4.79 Å². The Morgan fingerprint density at radius 1 is 1.47 bits per heavy atom. The Kier molecular flexibility index (Phi) is 5.70. The number of aliphatic hydroxyl groups is 1. The van der Waals surface area contributed by atoms with Crippen LogP contribution in [0.3, 0.4) is 0 Å². The molecule has 0 aromatic heterocycles. The summed E-state index contributed by atoms with van der Waals surface area (Å²) in [6.45, 7) is 4.58. The number of ether oxygens (including phenoxy) is 1. The summed E-state index contributed by atoms with van der Waals surface area (Å²) >= 11 is 0. The third-order valence-electron chi connectivity index (χ3n) is 2.63. The van der Waals surface area contributed by atoms with Gasteiger partial charge in [0.1, 0.15) is 0 Å². The lowest BCUT2D eigenvalue weighted by Crippen LogP contribution is -2.12. The van der Waals surface area contributed by atoms with Crippen molar-refractivity contribution >= 4 is 5.97 Å². The molecular weight excluding hydrogens is 216 g/mol. The highest BCUT2D eigenvalue weighted by molar-refractivity contribution is 5.89. The Morgan fingerprint density at radius 3 is 2.88 bits per heavy atom. The van der Waals surface area contributed by atoms with Crippen LogP contribution in [0.2, 0.25) is 0 Å². The zero-order chi connectivity index (χ0) is 12.7. The average molecular weight is 236 g/mol. The topological polar surface area (TPSA) is 46.5 Å². The van der Waals surface area contributed by atoms with Gasteiger partial charge in [0.05, 0.1) is 18.8 Å². The molecule has 1 atom stereocenters. The van der Waals surface area contributed by atoms with E-state index < -0.39 is 0 Å². The maximum absolute atomic E-state index is 11.7. The molecule has 0 aliphatic carbocycles. The summed E-state index contributed by atoms with van der Waals surface area (Å²) in [6, 6.07) is 6.88. The second kappa shape index (κ2) is 7.07. The Bertz CT molecular complexity index is 360. The summed E-state index contributed by atoms with van der Waals surface area (Å²) in [7, 11) is 0. The molecule has 1 aromatic rings. The molecule has 94 valence electrons. The van der Waals surface area contributed by atoms with Crippen LogP contribution < -0.4 is 0 Å². The zero-order valence-electron chi connectivity index (χ0n) is 10.5. The van der Waals surface area contributed by atoms with Crippen molar-refractivity contribution in [1.82, 2.24) is 0 Å². The van der Waals surface area contributed by atoms with Gasteiger partial charge >= 0.3 is 5.97 Å². The SMILES string of the molecule is CCCC(C)COC(=O)c1cccc(CO)c1. The Labute approximate surface area is 102 Å². The minimum atomic E-state index is -0.316. The van der Waals surface area contributed by atoms with E-state index in [1.54, 1.807) is 24.3 Å². The van der Waals surface area contributed by atoms with Gasteiger partial charge in [-0.1, -0.05) is 32.4 Å². The van der Waals surface area contributed by atoms with Gasteiger partial charge in [0.15, 0.2) is 0 Å². The Hall–Kier alpha value is -1.35. The summed E-state index contributed by atoms with van der Waals surface area (Å²) < 4.78 is 5.22. The smallest absolute Gasteiger partial charge is 0.338 e. The lowest BCUT2D eigenvalue weighted by atomic mass is 10.1. The molecular formula is C14H20O3. The zero-order valence-corrected chi connectivity index (χ0v) is 10.5. The maximum atomic E-state index is 11.7. The summed E-state index contributed by atoms with van der Waals surface area (Å²) in [6.07, 6.45) is 2.16. The number of benzene rings is 1. The van der Waals surface area contributed by atoms with Crippen LogP contribution in [0.1, 0.15) is 42.6 Å². The first-order valence-corrected chi connectivity index (χ1v) is 6.04. The fourth-order valence-electron chi connectivity index (χ4n) is 1.67. The predicted molar refractivity (Wildman–Crippen MR) is 66.7 cm³/mol. The molecule has 1 unspecified atom stereocenters. The summed E-state index contributed by atoms with van der Waals surface area (Å²) in [4.78, 5) is 11.7. The highest BCUT2D eigenvalue weighted by Crippen LogP contribution is 2.10. The molecule has 0 heterocycles. The van der Waals surface area contributed by atoms with E-state index in [1.807, 2.05) is 0 Å². The van der Waals surface area contributed by atoms with Gasteiger partial charge in [-0.3, -0.25) is 0 Å². The molecule has 3 heteroatoms. The predicted octanol–water partition coefficient (Wildman–Crippen LogP) is 2.77. The molecule has 0 bridgehead atoms. The van der Waals surface area contributed by atoms with Crippen LogP contribution in [0.4, 0.5) is 0 Å². The number of carbonyl (C=O) groups is 1. The average Bonchev–Trinajstić information content (AvgIpc) is 2.36. The van der Waals surface area contributed by atoms with Crippen molar-refractivity contribution in [3.63, 3.8) is 0 Å². The second-order valence-electron chi connectivity index (χ2n) is 4.35. The summed E-state index contributed by atoms with van der Waals surface area (Å²) in [5.74, 6) is 0.0771. The largest absolute Gasteiger partial charge is 0.462 e. The molecule has 0 spiro atoms. The van der Waals surface area contributed by atoms with Crippen LogP contribution in [0, 0.1) is 5.92 Å². The van der Waals surface area contributed by atoms with Gasteiger partial charge < -0.3 is 9.84 Å². The molecule has 17 heavy (non-hydrogen) atoms. The van der Waals surface area contributed by atoms with Gasteiger partial charge in [0, 0.05) is 0 Å². The second-order valence-corrected chi connectivity index (χ2v) is 4.35. The molecule has 0 saturated heterocycles. The highest BCUT2D eigenvalue weighted by atomic mass is 16.5. The number of aliphatic hydroxyl groups excluding tert-OH is 1. The summed E-state index contributed by atoms with van der Waals surface area (Å²) in [5.41, 5.74) is 1.22. The van der Waals surface area contributed by atoms with Crippen molar-refractivity contribution in [1.29, 1.82) is 0 Å². The van der Waals surface area contributed by atoms with E-state index in [0.29, 0.717) is 18.1 Å². The van der Waals surface area contributed by atoms with Crippen LogP contribution in [0.25, 0.3) is 0 Å². The third-order valence-corrected chi connectivity index (χ3v) is 2.63. The molecule has 1 aromatic carbocycles. The van der Waals surface area contributed by atoms with Crippen molar-refractivity contribution in [2.24, 2.45) is 5.92 Å². The first-order valence-electron chi connectivity index (χ1n) is 6.04. The Balaban J connectivity index is 2.51. The van der Waals surface area contributed by atoms with Gasteiger partial charge in [0.25, 0.3) is 0 Å². The van der Waals surface area contributed by atoms with Crippen molar-refractivity contribution < 1.29 is 14.6 Å². The molecule has 0 radical (unpaired) electrons. The van der Waals surface area contributed by atoms with Crippen LogP contribution in [0.15, 0.2) is 24.3 Å². The van der Waals surface area contributed by atoms with Crippen LogP contribution >= 0.6 is 0 Å². The lowest BCUT2D eigenvalue weighted by Gasteiger charge is -2.11. The van der Waals surface area contributed by atoms with Crippen LogP contribution in [0.5, 0.6) is 0 Å². The first kappa shape index (κ1) is 13.7. The molecule has 1 rings (SSSR count). The quantitative estimate of drug-likeness (QED) is 0.772. The molecule has 0 amide bonds. The van der Waals surface area contributed by atoms with E-state index >= 15 is 0 Å². The van der Waals surface area contributed by atoms with E-state index in [0.717, 1.165) is 18.4 Å². The molecule has 0 saturated carbocycles. The number of hydrogen-bond acceptors (Lipinski definition) is 3. The molecule has 0 aliphatic rings. The molecule has 0 aliphatic heterocycles. The minimum Gasteiger partial charge on any atom is -0.462 e. The number of hydrogen-bond donors (Lipinski definition) is 1. The van der Waals surface area contributed by atoms with Crippen molar-refractivity contribution in [2.75, 3.05) is 6.61 Å².